The molecule has 3 rings (SSSR count). The summed E-state index contributed by atoms with van der Waals surface area (Å²) < 4.78 is 0. The predicted molar refractivity (Wildman–Crippen MR) is 104 cm³/mol. The third-order valence-corrected chi connectivity index (χ3v) is 4.79. The third-order valence-electron chi connectivity index (χ3n) is 4.79. The van der Waals surface area contributed by atoms with Crippen molar-refractivity contribution < 1.29 is 9.59 Å². The molecule has 0 atom stereocenters. The van der Waals surface area contributed by atoms with Crippen LogP contribution in [0.15, 0.2) is 42.5 Å². The number of rotatable bonds is 8. The lowest BCUT2D eigenvalue weighted by Gasteiger charge is -2.08. The summed E-state index contributed by atoms with van der Waals surface area (Å²) in [6.07, 6.45) is 3.77. The number of hydrogen-bond donors (Lipinski definition) is 2. The van der Waals surface area contributed by atoms with E-state index in [1.54, 1.807) is 0 Å². The van der Waals surface area contributed by atoms with Gasteiger partial charge in [0.1, 0.15) is 0 Å². The molecule has 136 valence electrons. The Bertz CT molecular complexity index is 798. The van der Waals surface area contributed by atoms with Crippen molar-refractivity contribution in [3.63, 3.8) is 0 Å². The van der Waals surface area contributed by atoms with Crippen molar-refractivity contribution in [2.24, 2.45) is 0 Å². The molecular weight excluding hydrogens is 324 g/mol. The number of anilines is 1. The summed E-state index contributed by atoms with van der Waals surface area (Å²) in [6, 6.07) is 13.7. The fourth-order valence-corrected chi connectivity index (χ4v) is 3.37. The van der Waals surface area contributed by atoms with E-state index in [1.807, 2.05) is 36.4 Å². The minimum Gasteiger partial charge on any atom is -0.326 e. The Labute approximate surface area is 155 Å². The molecule has 0 aromatic heterocycles. The summed E-state index contributed by atoms with van der Waals surface area (Å²) in [7, 11) is 0. The van der Waals surface area contributed by atoms with Gasteiger partial charge in [0.2, 0.25) is 5.91 Å². The van der Waals surface area contributed by atoms with Gasteiger partial charge in [0.15, 0.2) is 5.78 Å². The van der Waals surface area contributed by atoms with Crippen LogP contribution in [0, 0.1) is 0 Å². The zero-order valence-electron chi connectivity index (χ0n) is 15.3. The highest BCUT2D eigenvalue weighted by Gasteiger charge is 2.15. The van der Waals surface area contributed by atoms with Gasteiger partial charge in [0.25, 0.3) is 0 Å². The fourth-order valence-electron chi connectivity index (χ4n) is 3.37. The lowest BCUT2D eigenvalue weighted by molar-refractivity contribution is -0.116. The molecule has 2 aromatic carbocycles. The van der Waals surface area contributed by atoms with Crippen LogP contribution < -0.4 is 10.6 Å². The number of fused-ring (bicyclic) bond motifs is 1. The molecule has 1 amide bonds. The number of Topliss-reactive ketones (excluding diaryl/α,β-unsaturated/α-hetero) is 1. The van der Waals surface area contributed by atoms with Crippen LogP contribution in [0.5, 0.6) is 0 Å². The van der Waals surface area contributed by atoms with Crippen LogP contribution in [-0.2, 0) is 24.2 Å². The number of aryl methyl sites for hydroxylation is 2. The minimum absolute atomic E-state index is 0.0377. The number of amides is 1. The monoisotopic (exact) mass is 350 g/mol. The van der Waals surface area contributed by atoms with Gasteiger partial charge < -0.3 is 10.6 Å². The summed E-state index contributed by atoms with van der Waals surface area (Å²) in [5.41, 5.74) is 5.27. The van der Waals surface area contributed by atoms with Gasteiger partial charge in [-0.05, 0) is 60.7 Å². The Hall–Kier alpha value is -2.46. The van der Waals surface area contributed by atoms with Gasteiger partial charge >= 0.3 is 0 Å². The van der Waals surface area contributed by atoms with Crippen LogP contribution in [0.3, 0.4) is 0 Å². The first-order valence-electron chi connectivity index (χ1n) is 9.40. The molecule has 0 bridgehead atoms. The number of benzene rings is 2. The van der Waals surface area contributed by atoms with Gasteiger partial charge in [-0.25, -0.2) is 0 Å². The Morgan fingerprint density at radius 3 is 2.69 bits per heavy atom. The second-order valence-corrected chi connectivity index (χ2v) is 6.79. The van der Waals surface area contributed by atoms with Crippen molar-refractivity contribution in [3.05, 3.63) is 64.7 Å². The van der Waals surface area contributed by atoms with Crippen molar-refractivity contribution in [1.82, 2.24) is 5.32 Å². The third kappa shape index (κ3) is 4.79. The van der Waals surface area contributed by atoms with Gasteiger partial charge in [-0.2, -0.15) is 0 Å². The highest BCUT2D eigenvalue weighted by molar-refractivity contribution is 6.00. The van der Waals surface area contributed by atoms with Gasteiger partial charge in [0.05, 0.1) is 0 Å². The van der Waals surface area contributed by atoms with Crippen molar-refractivity contribution in [1.29, 1.82) is 0 Å². The first-order valence-corrected chi connectivity index (χ1v) is 9.40. The van der Waals surface area contributed by atoms with Crippen molar-refractivity contribution >= 4 is 17.4 Å². The van der Waals surface area contributed by atoms with Crippen LogP contribution in [0.2, 0.25) is 0 Å². The largest absolute Gasteiger partial charge is 0.326 e. The van der Waals surface area contributed by atoms with Crippen LogP contribution in [0.25, 0.3) is 0 Å². The molecule has 1 aliphatic carbocycles. The van der Waals surface area contributed by atoms with E-state index in [4.69, 9.17) is 0 Å². The highest BCUT2D eigenvalue weighted by atomic mass is 16.2. The molecule has 0 saturated carbocycles. The molecule has 2 aromatic rings. The average molecular weight is 350 g/mol. The van der Waals surface area contributed by atoms with E-state index in [-0.39, 0.29) is 24.5 Å². The second kappa shape index (κ2) is 8.77. The maximum atomic E-state index is 12.4. The van der Waals surface area contributed by atoms with Gasteiger partial charge in [-0.3, -0.25) is 9.59 Å². The van der Waals surface area contributed by atoms with Gasteiger partial charge in [0, 0.05) is 30.6 Å². The summed E-state index contributed by atoms with van der Waals surface area (Å²) >= 11 is 0. The SMILES string of the molecule is CCNCc1cccc(NC(=O)CCC(=O)c2ccc3c(c2)CCC3)c1. The average Bonchev–Trinajstić information content (AvgIpc) is 3.12. The van der Waals surface area contributed by atoms with E-state index in [1.165, 1.54) is 17.5 Å². The molecule has 0 fully saturated rings. The number of carbonyl (C=O) groups is 2. The first-order chi connectivity index (χ1) is 12.7. The normalized spacial score (nSPS) is 12.7. The molecule has 0 unspecified atom stereocenters. The van der Waals surface area contributed by atoms with Crippen molar-refractivity contribution in [2.75, 3.05) is 11.9 Å². The Morgan fingerprint density at radius 2 is 1.85 bits per heavy atom. The van der Waals surface area contributed by atoms with Gasteiger partial charge in [-0.15, -0.1) is 0 Å². The lowest BCUT2D eigenvalue weighted by atomic mass is 10.0. The first kappa shape index (κ1) is 18.3. The van der Waals surface area contributed by atoms with Crippen LogP contribution in [0.4, 0.5) is 5.69 Å². The van der Waals surface area contributed by atoms with E-state index >= 15 is 0 Å². The quantitative estimate of drug-likeness (QED) is 0.710. The topological polar surface area (TPSA) is 58.2 Å². The molecule has 0 saturated heterocycles. The Morgan fingerprint density at radius 1 is 1.00 bits per heavy atom. The molecule has 4 nitrogen and oxygen atoms in total. The number of hydrogen-bond acceptors (Lipinski definition) is 3. The summed E-state index contributed by atoms with van der Waals surface area (Å²) in [5.74, 6) is -0.0872. The standard InChI is InChI=1S/C22H26N2O2/c1-2-23-15-16-5-3-8-20(13-16)24-22(26)12-11-21(25)19-10-9-17-6-4-7-18(17)14-19/h3,5,8-10,13-14,23H,2,4,6-7,11-12,15H2,1H3,(H,24,26). The van der Waals surface area contributed by atoms with E-state index in [0.717, 1.165) is 42.7 Å². The fraction of sp³-hybridized carbons (Fsp3) is 0.364. The lowest BCUT2D eigenvalue weighted by Crippen LogP contribution is -2.15. The Balaban J connectivity index is 1.51. The molecule has 4 heteroatoms. The molecule has 0 aliphatic heterocycles. The molecule has 2 N–H and O–H groups in total. The minimum atomic E-state index is -0.125. The van der Waals surface area contributed by atoms with Crippen LogP contribution >= 0.6 is 0 Å². The number of ketones is 1. The maximum Gasteiger partial charge on any atom is 0.224 e. The Kier molecular flexibility index (Phi) is 6.18. The van der Waals surface area contributed by atoms with Gasteiger partial charge in [-0.1, -0.05) is 31.2 Å². The molecular formula is C22H26N2O2. The summed E-state index contributed by atoms with van der Waals surface area (Å²) in [4.78, 5) is 24.6. The van der Waals surface area contributed by atoms with Crippen molar-refractivity contribution in [3.8, 4) is 0 Å². The van der Waals surface area contributed by atoms with E-state index < -0.39 is 0 Å². The molecule has 0 radical (unpaired) electrons. The highest BCUT2D eigenvalue weighted by Crippen LogP contribution is 2.23. The van der Waals surface area contributed by atoms with Crippen LogP contribution in [0.1, 0.15) is 53.2 Å². The maximum absolute atomic E-state index is 12.4. The van der Waals surface area contributed by atoms with E-state index in [0.29, 0.717) is 0 Å². The number of nitrogens with one attached hydrogen (secondary N) is 2. The van der Waals surface area contributed by atoms with E-state index in [9.17, 15) is 9.59 Å². The number of carbonyl (C=O) groups excluding carboxylic acids is 2. The smallest absolute Gasteiger partial charge is 0.224 e. The molecule has 0 spiro atoms. The molecule has 1 aliphatic rings. The predicted octanol–water partition coefficient (Wildman–Crippen LogP) is 3.89. The molecule has 26 heavy (non-hydrogen) atoms. The second-order valence-electron chi connectivity index (χ2n) is 6.79. The van der Waals surface area contributed by atoms with E-state index in [2.05, 4.69) is 23.6 Å². The zero-order valence-corrected chi connectivity index (χ0v) is 15.3. The molecule has 0 heterocycles. The van der Waals surface area contributed by atoms with Crippen molar-refractivity contribution in [2.45, 2.75) is 45.6 Å². The summed E-state index contributed by atoms with van der Waals surface area (Å²) in [6.45, 7) is 3.74. The zero-order chi connectivity index (χ0) is 18.4. The van der Waals surface area contributed by atoms with Crippen LogP contribution in [-0.4, -0.2) is 18.2 Å². The summed E-state index contributed by atoms with van der Waals surface area (Å²) in [5, 5.41) is 6.15.